The maximum absolute atomic E-state index is 12.2. The van der Waals surface area contributed by atoms with Crippen LogP contribution in [0.25, 0.3) is 0 Å². The third-order valence-corrected chi connectivity index (χ3v) is 4.00. The number of urea groups is 1. The Kier molecular flexibility index (Phi) is 6.07. The van der Waals surface area contributed by atoms with Crippen LogP contribution in [0.4, 0.5) is 4.79 Å². The second kappa shape index (κ2) is 8.03. The topological polar surface area (TPSA) is 52.7 Å². The van der Waals surface area contributed by atoms with Crippen LogP contribution in [0.2, 0.25) is 5.02 Å². The third-order valence-electron chi connectivity index (χ3n) is 3.76. The van der Waals surface area contributed by atoms with Crippen molar-refractivity contribution in [3.63, 3.8) is 0 Å². The first-order valence-electron chi connectivity index (χ1n) is 7.65. The fourth-order valence-corrected chi connectivity index (χ4v) is 2.74. The van der Waals surface area contributed by atoms with Gasteiger partial charge in [0.1, 0.15) is 0 Å². The predicted octanol–water partition coefficient (Wildman–Crippen LogP) is 2.15. The molecule has 1 aromatic rings. The van der Waals surface area contributed by atoms with Crippen molar-refractivity contribution in [2.45, 2.75) is 19.8 Å². The minimum absolute atomic E-state index is 0.0477. The molecule has 1 N–H and O–H groups in total. The zero-order valence-corrected chi connectivity index (χ0v) is 13.6. The van der Waals surface area contributed by atoms with Crippen molar-refractivity contribution in [3.8, 4) is 0 Å². The molecule has 0 unspecified atom stereocenters. The van der Waals surface area contributed by atoms with E-state index in [2.05, 4.69) is 5.32 Å². The zero-order chi connectivity index (χ0) is 15.9. The SMILES string of the molecule is CCNC(=O)N1CCN(C(=O)CCc2cccc(Cl)c2)CC1. The Bertz CT molecular complexity index is 528. The van der Waals surface area contributed by atoms with Gasteiger partial charge in [-0.15, -0.1) is 0 Å². The molecule has 1 aliphatic heterocycles. The van der Waals surface area contributed by atoms with Gasteiger partial charge in [-0.3, -0.25) is 4.79 Å². The third kappa shape index (κ3) is 4.63. The van der Waals surface area contributed by atoms with E-state index in [1.165, 1.54) is 0 Å². The van der Waals surface area contributed by atoms with Crippen molar-refractivity contribution in [1.29, 1.82) is 0 Å². The average Bonchev–Trinajstić information content (AvgIpc) is 2.53. The van der Waals surface area contributed by atoms with Crippen molar-refractivity contribution in [3.05, 3.63) is 34.9 Å². The number of piperazine rings is 1. The molecule has 2 rings (SSSR count). The first-order valence-corrected chi connectivity index (χ1v) is 8.03. The van der Waals surface area contributed by atoms with Crippen molar-refractivity contribution >= 4 is 23.5 Å². The number of aryl methyl sites for hydroxylation is 1. The van der Waals surface area contributed by atoms with Crippen LogP contribution >= 0.6 is 11.6 Å². The summed E-state index contributed by atoms with van der Waals surface area (Å²) >= 11 is 5.94. The number of nitrogens with one attached hydrogen (secondary N) is 1. The molecule has 5 nitrogen and oxygen atoms in total. The molecule has 0 saturated carbocycles. The van der Waals surface area contributed by atoms with E-state index in [9.17, 15) is 9.59 Å². The molecule has 0 aliphatic carbocycles. The molecule has 0 spiro atoms. The summed E-state index contributed by atoms with van der Waals surface area (Å²) in [6.45, 7) is 4.91. The van der Waals surface area contributed by atoms with Gasteiger partial charge in [0.2, 0.25) is 5.91 Å². The maximum atomic E-state index is 12.2. The van der Waals surface area contributed by atoms with E-state index >= 15 is 0 Å². The van der Waals surface area contributed by atoms with Crippen LogP contribution in [-0.2, 0) is 11.2 Å². The Morgan fingerprint density at radius 2 is 1.86 bits per heavy atom. The molecule has 0 bridgehead atoms. The van der Waals surface area contributed by atoms with Gasteiger partial charge >= 0.3 is 6.03 Å². The van der Waals surface area contributed by atoms with Gasteiger partial charge in [-0.05, 0) is 31.0 Å². The number of hydrogen-bond donors (Lipinski definition) is 1. The second-order valence-electron chi connectivity index (χ2n) is 5.33. The molecule has 0 radical (unpaired) electrons. The number of rotatable bonds is 4. The van der Waals surface area contributed by atoms with Gasteiger partial charge < -0.3 is 15.1 Å². The van der Waals surface area contributed by atoms with Crippen LogP contribution in [-0.4, -0.2) is 54.5 Å². The van der Waals surface area contributed by atoms with E-state index in [0.29, 0.717) is 50.6 Å². The molecular formula is C16H22ClN3O2. The fourth-order valence-electron chi connectivity index (χ4n) is 2.52. The largest absolute Gasteiger partial charge is 0.339 e. The molecule has 0 aromatic heterocycles. The Labute approximate surface area is 136 Å². The van der Waals surface area contributed by atoms with Gasteiger partial charge in [-0.1, -0.05) is 23.7 Å². The Morgan fingerprint density at radius 3 is 2.50 bits per heavy atom. The van der Waals surface area contributed by atoms with Crippen LogP contribution in [0, 0.1) is 0 Å². The normalized spacial score (nSPS) is 14.8. The average molecular weight is 324 g/mol. The molecule has 6 heteroatoms. The Hall–Kier alpha value is -1.75. The van der Waals surface area contributed by atoms with Gasteiger partial charge in [0.15, 0.2) is 0 Å². The minimum atomic E-state index is -0.0477. The lowest BCUT2D eigenvalue weighted by Gasteiger charge is -2.34. The van der Waals surface area contributed by atoms with Gasteiger partial charge in [0.25, 0.3) is 0 Å². The number of carbonyl (C=O) groups is 2. The lowest BCUT2D eigenvalue weighted by Crippen LogP contribution is -2.53. The molecule has 1 aromatic carbocycles. The summed E-state index contributed by atoms with van der Waals surface area (Å²) in [7, 11) is 0. The van der Waals surface area contributed by atoms with Crippen LogP contribution < -0.4 is 5.32 Å². The highest BCUT2D eigenvalue weighted by Crippen LogP contribution is 2.13. The summed E-state index contributed by atoms with van der Waals surface area (Å²) in [5.41, 5.74) is 1.07. The second-order valence-corrected chi connectivity index (χ2v) is 5.77. The number of halogens is 1. The summed E-state index contributed by atoms with van der Waals surface area (Å²) in [6, 6.07) is 7.54. The summed E-state index contributed by atoms with van der Waals surface area (Å²) in [5.74, 6) is 0.135. The quantitative estimate of drug-likeness (QED) is 0.923. The Morgan fingerprint density at radius 1 is 1.18 bits per heavy atom. The van der Waals surface area contributed by atoms with Crippen molar-refractivity contribution in [2.75, 3.05) is 32.7 Å². The zero-order valence-electron chi connectivity index (χ0n) is 12.8. The van der Waals surface area contributed by atoms with E-state index in [4.69, 9.17) is 11.6 Å². The van der Waals surface area contributed by atoms with Gasteiger partial charge in [0, 0.05) is 44.2 Å². The summed E-state index contributed by atoms with van der Waals surface area (Å²) < 4.78 is 0. The highest BCUT2D eigenvalue weighted by atomic mass is 35.5. The molecule has 1 aliphatic rings. The van der Waals surface area contributed by atoms with Crippen molar-refractivity contribution in [1.82, 2.24) is 15.1 Å². The first kappa shape index (κ1) is 16.6. The number of benzene rings is 1. The van der Waals surface area contributed by atoms with E-state index in [-0.39, 0.29) is 11.9 Å². The van der Waals surface area contributed by atoms with Gasteiger partial charge in [-0.25, -0.2) is 4.79 Å². The van der Waals surface area contributed by atoms with Crippen LogP contribution in [0.5, 0.6) is 0 Å². The van der Waals surface area contributed by atoms with Crippen LogP contribution in [0.3, 0.4) is 0 Å². The van der Waals surface area contributed by atoms with Gasteiger partial charge in [0.05, 0.1) is 0 Å². The predicted molar refractivity (Wildman–Crippen MR) is 87.0 cm³/mol. The number of carbonyl (C=O) groups excluding carboxylic acids is 2. The van der Waals surface area contributed by atoms with Gasteiger partial charge in [-0.2, -0.15) is 0 Å². The molecule has 1 fully saturated rings. The molecule has 1 saturated heterocycles. The van der Waals surface area contributed by atoms with Crippen molar-refractivity contribution < 1.29 is 9.59 Å². The molecule has 22 heavy (non-hydrogen) atoms. The van der Waals surface area contributed by atoms with E-state index in [1.54, 1.807) is 4.90 Å². The molecule has 0 atom stereocenters. The minimum Gasteiger partial charge on any atom is -0.339 e. The van der Waals surface area contributed by atoms with E-state index < -0.39 is 0 Å². The fraction of sp³-hybridized carbons (Fsp3) is 0.500. The standard InChI is InChI=1S/C16H22ClN3O2/c1-2-18-16(22)20-10-8-19(9-11-20)15(21)7-6-13-4-3-5-14(17)12-13/h3-5,12H,2,6-11H2,1H3,(H,18,22). The highest BCUT2D eigenvalue weighted by molar-refractivity contribution is 6.30. The van der Waals surface area contributed by atoms with Crippen LogP contribution in [0.15, 0.2) is 24.3 Å². The van der Waals surface area contributed by atoms with E-state index in [0.717, 1.165) is 5.56 Å². The lowest BCUT2D eigenvalue weighted by atomic mass is 10.1. The summed E-state index contributed by atoms with van der Waals surface area (Å²) in [6.07, 6.45) is 1.16. The molecule has 3 amide bonds. The van der Waals surface area contributed by atoms with E-state index in [1.807, 2.05) is 36.1 Å². The highest BCUT2D eigenvalue weighted by Gasteiger charge is 2.23. The summed E-state index contributed by atoms with van der Waals surface area (Å²) in [5, 5.41) is 3.48. The molecule has 1 heterocycles. The van der Waals surface area contributed by atoms with Crippen molar-refractivity contribution in [2.24, 2.45) is 0 Å². The molecule has 120 valence electrons. The summed E-state index contributed by atoms with van der Waals surface area (Å²) in [4.78, 5) is 27.5. The Balaban J connectivity index is 1.76. The van der Waals surface area contributed by atoms with Crippen LogP contribution in [0.1, 0.15) is 18.9 Å². The smallest absolute Gasteiger partial charge is 0.317 e. The molecular weight excluding hydrogens is 302 g/mol. The number of hydrogen-bond acceptors (Lipinski definition) is 2. The number of amides is 3. The monoisotopic (exact) mass is 323 g/mol. The maximum Gasteiger partial charge on any atom is 0.317 e. The first-order chi connectivity index (χ1) is 10.6. The lowest BCUT2D eigenvalue weighted by molar-refractivity contribution is -0.132. The number of nitrogens with zero attached hydrogens (tertiary/aromatic N) is 2.